The SMILES string of the molecule is C=C(C)CN1C(=O)COc2cc(NC(=O)Nc3ccc(Cl)cc3)ccc21. The van der Waals surface area contributed by atoms with Crippen molar-refractivity contribution < 1.29 is 14.3 Å². The van der Waals surface area contributed by atoms with E-state index in [0.717, 1.165) is 5.57 Å². The van der Waals surface area contributed by atoms with Crippen molar-refractivity contribution in [2.75, 3.05) is 28.7 Å². The van der Waals surface area contributed by atoms with Gasteiger partial charge in [-0.25, -0.2) is 4.79 Å². The fraction of sp³-hybridized carbons (Fsp3) is 0.158. The van der Waals surface area contributed by atoms with Crippen molar-refractivity contribution in [2.24, 2.45) is 0 Å². The van der Waals surface area contributed by atoms with Gasteiger partial charge in [-0.05, 0) is 43.3 Å². The molecule has 1 aliphatic heterocycles. The Hall–Kier alpha value is -2.99. The highest BCUT2D eigenvalue weighted by Crippen LogP contribution is 2.34. The minimum Gasteiger partial charge on any atom is -0.481 e. The van der Waals surface area contributed by atoms with Crippen LogP contribution in [-0.2, 0) is 4.79 Å². The van der Waals surface area contributed by atoms with Gasteiger partial charge >= 0.3 is 6.03 Å². The number of benzene rings is 2. The van der Waals surface area contributed by atoms with E-state index in [1.807, 2.05) is 6.92 Å². The number of halogens is 1. The molecule has 0 radical (unpaired) electrons. The number of ether oxygens (including phenoxy) is 1. The van der Waals surface area contributed by atoms with Crippen molar-refractivity contribution in [3.8, 4) is 5.75 Å². The number of nitrogens with zero attached hydrogens (tertiary/aromatic N) is 1. The van der Waals surface area contributed by atoms with E-state index in [2.05, 4.69) is 17.2 Å². The van der Waals surface area contributed by atoms with Gasteiger partial charge in [0.15, 0.2) is 6.61 Å². The normalized spacial score (nSPS) is 12.8. The monoisotopic (exact) mass is 371 g/mol. The van der Waals surface area contributed by atoms with Crippen molar-refractivity contribution in [1.82, 2.24) is 0 Å². The quantitative estimate of drug-likeness (QED) is 0.788. The molecule has 0 aromatic heterocycles. The molecule has 134 valence electrons. The number of amides is 3. The average molecular weight is 372 g/mol. The molecule has 0 atom stereocenters. The first-order chi connectivity index (χ1) is 12.4. The standard InChI is InChI=1S/C19H18ClN3O3/c1-12(2)10-23-16-8-7-15(9-17(16)26-11-18(23)24)22-19(25)21-14-5-3-13(20)4-6-14/h3-9H,1,10-11H2,2H3,(H2,21,22,25). The summed E-state index contributed by atoms with van der Waals surface area (Å²) in [6, 6.07) is 11.6. The summed E-state index contributed by atoms with van der Waals surface area (Å²) in [5.74, 6) is 0.414. The second-order valence-electron chi connectivity index (χ2n) is 5.99. The molecule has 2 aromatic carbocycles. The first-order valence-corrected chi connectivity index (χ1v) is 8.35. The molecule has 7 heteroatoms. The summed E-state index contributed by atoms with van der Waals surface area (Å²) in [5.41, 5.74) is 2.71. The van der Waals surface area contributed by atoms with Crippen LogP contribution in [0, 0.1) is 0 Å². The molecule has 0 fully saturated rings. The summed E-state index contributed by atoms with van der Waals surface area (Å²) >= 11 is 5.82. The van der Waals surface area contributed by atoms with Gasteiger partial charge in [0.25, 0.3) is 5.91 Å². The van der Waals surface area contributed by atoms with Crippen LogP contribution in [0.25, 0.3) is 0 Å². The van der Waals surface area contributed by atoms with Gasteiger partial charge in [0.2, 0.25) is 0 Å². The molecule has 3 rings (SSSR count). The Morgan fingerprint density at radius 2 is 1.85 bits per heavy atom. The van der Waals surface area contributed by atoms with Crippen molar-refractivity contribution in [3.05, 3.63) is 59.6 Å². The number of anilines is 3. The Labute approximate surface area is 156 Å². The summed E-state index contributed by atoms with van der Waals surface area (Å²) in [6.07, 6.45) is 0. The number of urea groups is 1. The third-order valence-corrected chi connectivity index (χ3v) is 3.94. The largest absolute Gasteiger partial charge is 0.481 e. The molecule has 2 N–H and O–H groups in total. The van der Waals surface area contributed by atoms with Gasteiger partial charge < -0.3 is 20.3 Å². The molecule has 0 saturated heterocycles. The number of hydrogen-bond acceptors (Lipinski definition) is 3. The van der Waals surface area contributed by atoms with Gasteiger partial charge in [-0.1, -0.05) is 23.8 Å². The lowest BCUT2D eigenvalue weighted by Gasteiger charge is -2.29. The maximum absolute atomic E-state index is 12.1. The first-order valence-electron chi connectivity index (χ1n) is 7.97. The number of nitrogens with one attached hydrogen (secondary N) is 2. The molecule has 0 aliphatic carbocycles. The molecule has 26 heavy (non-hydrogen) atoms. The highest BCUT2D eigenvalue weighted by molar-refractivity contribution is 6.30. The zero-order valence-electron chi connectivity index (χ0n) is 14.2. The lowest BCUT2D eigenvalue weighted by Crippen LogP contribution is -2.39. The van der Waals surface area contributed by atoms with E-state index < -0.39 is 6.03 Å². The third kappa shape index (κ3) is 4.15. The molecule has 1 heterocycles. The maximum Gasteiger partial charge on any atom is 0.323 e. The molecular formula is C19H18ClN3O3. The Morgan fingerprint density at radius 3 is 2.54 bits per heavy atom. The lowest BCUT2D eigenvalue weighted by atomic mass is 10.2. The van der Waals surface area contributed by atoms with Crippen LogP contribution in [0.1, 0.15) is 6.92 Å². The fourth-order valence-electron chi connectivity index (χ4n) is 2.55. The van der Waals surface area contributed by atoms with Crippen molar-refractivity contribution in [2.45, 2.75) is 6.92 Å². The van der Waals surface area contributed by atoms with Crippen LogP contribution in [0.5, 0.6) is 5.75 Å². The molecule has 0 unspecified atom stereocenters. The predicted octanol–water partition coefficient (Wildman–Crippen LogP) is 4.29. The number of rotatable bonds is 4. The van der Waals surface area contributed by atoms with Gasteiger partial charge in [-0.2, -0.15) is 0 Å². The fourth-order valence-corrected chi connectivity index (χ4v) is 2.68. The number of fused-ring (bicyclic) bond motifs is 1. The van der Waals surface area contributed by atoms with E-state index in [1.165, 1.54) is 0 Å². The van der Waals surface area contributed by atoms with Gasteiger partial charge in [-0.3, -0.25) is 4.79 Å². The number of carbonyl (C=O) groups is 2. The zero-order chi connectivity index (χ0) is 18.7. The minimum atomic E-state index is -0.391. The summed E-state index contributed by atoms with van der Waals surface area (Å²) in [5, 5.41) is 6.05. The Morgan fingerprint density at radius 1 is 1.19 bits per heavy atom. The van der Waals surface area contributed by atoms with E-state index in [9.17, 15) is 9.59 Å². The van der Waals surface area contributed by atoms with Crippen LogP contribution in [0.3, 0.4) is 0 Å². The zero-order valence-corrected chi connectivity index (χ0v) is 15.0. The number of carbonyl (C=O) groups excluding carboxylic acids is 2. The summed E-state index contributed by atoms with van der Waals surface area (Å²) in [4.78, 5) is 25.8. The maximum atomic E-state index is 12.1. The summed E-state index contributed by atoms with van der Waals surface area (Å²) in [6.45, 7) is 6.10. The first kappa shape index (κ1) is 17.8. The topological polar surface area (TPSA) is 70.7 Å². The third-order valence-electron chi connectivity index (χ3n) is 3.69. The molecule has 3 amide bonds. The van der Waals surface area contributed by atoms with Crippen molar-refractivity contribution in [1.29, 1.82) is 0 Å². The Balaban J connectivity index is 1.72. The van der Waals surface area contributed by atoms with Gasteiger partial charge in [0, 0.05) is 29.0 Å². The van der Waals surface area contributed by atoms with Gasteiger partial charge in [0.05, 0.1) is 5.69 Å². The van der Waals surface area contributed by atoms with E-state index in [-0.39, 0.29) is 12.5 Å². The smallest absolute Gasteiger partial charge is 0.323 e. The Bertz CT molecular complexity index is 865. The Kier molecular flexibility index (Phi) is 5.14. The van der Waals surface area contributed by atoms with E-state index >= 15 is 0 Å². The molecular weight excluding hydrogens is 354 g/mol. The van der Waals surface area contributed by atoms with Crippen LogP contribution in [0.2, 0.25) is 5.02 Å². The minimum absolute atomic E-state index is 0.0410. The summed E-state index contributed by atoms with van der Waals surface area (Å²) in [7, 11) is 0. The van der Waals surface area contributed by atoms with Crippen LogP contribution in [0.4, 0.5) is 21.9 Å². The van der Waals surface area contributed by atoms with Gasteiger partial charge in [0.1, 0.15) is 5.75 Å². The molecule has 0 bridgehead atoms. The second-order valence-corrected chi connectivity index (χ2v) is 6.43. The highest BCUT2D eigenvalue weighted by atomic mass is 35.5. The average Bonchev–Trinajstić information content (AvgIpc) is 2.59. The van der Waals surface area contributed by atoms with Crippen molar-refractivity contribution in [3.63, 3.8) is 0 Å². The van der Waals surface area contributed by atoms with E-state index in [1.54, 1.807) is 47.4 Å². The van der Waals surface area contributed by atoms with Crippen LogP contribution in [0.15, 0.2) is 54.6 Å². The van der Waals surface area contributed by atoms with Crippen molar-refractivity contribution >= 4 is 40.6 Å². The van der Waals surface area contributed by atoms with Crippen LogP contribution >= 0.6 is 11.6 Å². The van der Waals surface area contributed by atoms with Gasteiger partial charge in [-0.15, -0.1) is 0 Å². The van der Waals surface area contributed by atoms with Crippen LogP contribution < -0.4 is 20.3 Å². The highest BCUT2D eigenvalue weighted by Gasteiger charge is 2.25. The molecule has 0 spiro atoms. The number of hydrogen-bond donors (Lipinski definition) is 2. The lowest BCUT2D eigenvalue weighted by molar-refractivity contribution is -0.121. The molecule has 1 aliphatic rings. The second kappa shape index (κ2) is 7.49. The molecule has 0 saturated carbocycles. The van der Waals surface area contributed by atoms with Crippen LogP contribution in [-0.4, -0.2) is 25.1 Å². The molecule has 6 nitrogen and oxygen atoms in total. The summed E-state index contributed by atoms with van der Waals surface area (Å²) < 4.78 is 5.49. The predicted molar refractivity (Wildman–Crippen MR) is 103 cm³/mol. The van der Waals surface area contributed by atoms with E-state index in [4.69, 9.17) is 16.3 Å². The van der Waals surface area contributed by atoms with E-state index in [0.29, 0.717) is 34.4 Å². The molecule has 2 aromatic rings.